The molecule has 1 fully saturated rings. The molecule has 2 heterocycles. The first kappa shape index (κ1) is 14.6. The minimum atomic E-state index is -1.15. The molecule has 1 saturated carbocycles. The normalized spacial score (nSPS) is 15.3. The van der Waals surface area contributed by atoms with Gasteiger partial charge in [0.1, 0.15) is 10.7 Å². The molecule has 3 rings (SSSR count). The van der Waals surface area contributed by atoms with Gasteiger partial charge in [-0.15, -0.1) is 11.3 Å². The minimum absolute atomic E-state index is 0.104. The molecule has 7 heteroatoms. The zero-order valence-corrected chi connectivity index (χ0v) is 12.8. The maximum atomic E-state index is 12.4. The summed E-state index contributed by atoms with van der Waals surface area (Å²) in [6.07, 6.45) is 3.47. The highest BCUT2D eigenvalue weighted by molar-refractivity contribution is 7.09. The zero-order chi connectivity index (χ0) is 15.7. The van der Waals surface area contributed by atoms with E-state index in [4.69, 9.17) is 5.11 Å². The van der Waals surface area contributed by atoms with Gasteiger partial charge in [0.2, 0.25) is 0 Å². The average Bonchev–Trinajstić information content (AvgIpc) is 3.26. The summed E-state index contributed by atoms with van der Waals surface area (Å²) in [5.41, 5.74) is 1.10. The van der Waals surface area contributed by atoms with E-state index in [9.17, 15) is 9.59 Å². The van der Waals surface area contributed by atoms with Crippen molar-refractivity contribution in [3.8, 4) is 0 Å². The Morgan fingerprint density at radius 3 is 2.82 bits per heavy atom. The number of nitrogens with zero attached hydrogens (tertiary/aromatic N) is 2. The van der Waals surface area contributed by atoms with Gasteiger partial charge in [-0.1, -0.05) is 0 Å². The van der Waals surface area contributed by atoms with Gasteiger partial charge >= 0.3 is 5.97 Å². The van der Waals surface area contributed by atoms with Crippen LogP contribution in [0, 0.1) is 12.8 Å². The molecule has 22 heavy (non-hydrogen) atoms. The lowest BCUT2D eigenvalue weighted by Gasteiger charge is -2.16. The lowest BCUT2D eigenvalue weighted by molar-refractivity contribution is 0.0690. The molecule has 0 aliphatic heterocycles. The summed E-state index contributed by atoms with van der Waals surface area (Å²) < 4.78 is 0. The van der Waals surface area contributed by atoms with Gasteiger partial charge in [-0.2, -0.15) is 0 Å². The Labute approximate surface area is 131 Å². The first-order valence-corrected chi connectivity index (χ1v) is 7.85. The van der Waals surface area contributed by atoms with Crippen LogP contribution >= 0.6 is 11.3 Å². The van der Waals surface area contributed by atoms with Crippen LogP contribution in [0.2, 0.25) is 0 Å². The molecule has 2 aromatic rings. The molecule has 1 atom stereocenters. The molecule has 0 saturated heterocycles. The Morgan fingerprint density at radius 1 is 1.45 bits per heavy atom. The van der Waals surface area contributed by atoms with Crippen LogP contribution in [0.25, 0.3) is 0 Å². The fourth-order valence-electron chi connectivity index (χ4n) is 2.24. The van der Waals surface area contributed by atoms with E-state index >= 15 is 0 Å². The maximum Gasteiger partial charge on any atom is 0.354 e. The van der Waals surface area contributed by atoms with Crippen molar-refractivity contribution in [2.45, 2.75) is 25.8 Å². The third-order valence-corrected chi connectivity index (χ3v) is 4.57. The largest absolute Gasteiger partial charge is 0.477 e. The van der Waals surface area contributed by atoms with Gasteiger partial charge in [0.05, 0.1) is 6.04 Å². The second-order valence-corrected chi connectivity index (χ2v) is 6.24. The number of pyridine rings is 1. The lowest BCUT2D eigenvalue weighted by atomic mass is 10.1. The minimum Gasteiger partial charge on any atom is -0.477 e. The number of aryl methyl sites for hydroxylation is 1. The molecule has 1 aliphatic carbocycles. The highest BCUT2D eigenvalue weighted by atomic mass is 32.1. The summed E-state index contributed by atoms with van der Waals surface area (Å²) in [5, 5.41) is 14.8. The molecule has 114 valence electrons. The van der Waals surface area contributed by atoms with E-state index in [1.807, 2.05) is 12.3 Å². The van der Waals surface area contributed by atoms with Crippen molar-refractivity contribution in [3.05, 3.63) is 45.7 Å². The van der Waals surface area contributed by atoms with Crippen molar-refractivity contribution in [2.24, 2.45) is 5.92 Å². The zero-order valence-electron chi connectivity index (χ0n) is 11.9. The van der Waals surface area contributed by atoms with Crippen molar-refractivity contribution in [1.29, 1.82) is 0 Å². The SMILES string of the molecule is Cc1csc(C(NC(=O)c2ccnc(C(=O)O)c2)C2CC2)n1. The summed E-state index contributed by atoms with van der Waals surface area (Å²) in [7, 11) is 0. The Balaban J connectivity index is 1.79. The molecular formula is C15H15N3O3S. The van der Waals surface area contributed by atoms with Crippen LogP contribution in [0.15, 0.2) is 23.7 Å². The number of thiazole rings is 1. The number of amides is 1. The number of hydrogen-bond donors (Lipinski definition) is 2. The average molecular weight is 317 g/mol. The molecule has 0 radical (unpaired) electrons. The third kappa shape index (κ3) is 3.14. The van der Waals surface area contributed by atoms with E-state index in [1.54, 1.807) is 0 Å². The molecular weight excluding hydrogens is 302 g/mol. The predicted octanol–water partition coefficient (Wildman–Crippen LogP) is 2.43. The van der Waals surface area contributed by atoms with Crippen LogP contribution < -0.4 is 5.32 Å². The fraction of sp³-hybridized carbons (Fsp3) is 0.333. The van der Waals surface area contributed by atoms with Crippen molar-refractivity contribution < 1.29 is 14.7 Å². The smallest absolute Gasteiger partial charge is 0.354 e. The highest BCUT2D eigenvalue weighted by Gasteiger charge is 2.35. The van der Waals surface area contributed by atoms with Gasteiger partial charge in [0.15, 0.2) is 0 Å². The Morgan fingerprint density at radius 2 is 2.23 bits per heavy atom. The van der Waals surface area contributed by atoms with Crippen LogP contribution in [0.3, 0.4) is 0 Å². The van der Waals surface area contributed by atoms with Crippen molar-refractivity contribution >= 4 is 23.2 Å². The first-order chi connectivity index (χ1) is 10.5. The van der Waals surface area contributed by atoms with Gasteiger partial charge in [0, 0.05) is 22.8 Å². The van der Waals surface area contributed by atoms with Gasteiger partial charge in [0.25, 0.3) is 5.91 Å². The van der Waals surface area contributed by atoms with Crippen LogP contribution in [-0.2, 0) is 0 Å². The van der Waals surface area contributed by atoms with E-state index in [0.29, 0.717) is 11.5 Å². The molecule has 1 amide bonds. The molecule has 0 aromatic carbocycles. The Hall–Kier alpha value is -2.28. The second-order valence-electron chi connectivity index (χ2n) is 5.35. The summed E-state index contributed by atoms with van der Waals surface area (Å²) in [6, 6.07) is 2.70. The van der Waals surface area contributed by atoms with Crippen LogP contribution in [0.5, 0.6) is 0 Å². The number of rotatable bonds is 5. The van der Waals surface area contributed by atoms with Gasteiger partial charge < -0.3 is 10.4 Å². The topological polar surface area (TPSA) is 92.2 Å². The number of hydrogen-bond acceptors (Lipinski definition) is 5. The quantitative estimate of drug-likeness (QED) is 0.883. The van der Waals surface area contributed by atoms with Crippen molar-refractivity contribution in [3.63, 3.8) is 0 Å². The number of carbonyl (C=O) groups is 2. The summed E-state index contributed by atoms with van der Waals surface area (Å²) >= 11 is 1.54. The second kappa shape index (κ2) is 5.84. The van der Waals surface area contributed by atoms with Gasteiger partial charge in [-0.25, -0.2) is 14.8 Å². The van der Waals surface area contributed by atoms with Crippen molar-refractivity contribution in [1.82, 2.24) is 15.3 Å². The van der Waals surface area contributed by atoms with Gasteiger partial charge in [-0.05, 0) is 37.8 Å². The van der Waals surface area contributed by atoms with E-state index < -0.39 is 5.97 Å². The van der Waals surface area contributed by atoms with Crippen molar-refractivity contribution in [2.75, 3.05) is 0 Å². The van der Waals surface area contributed by atoms with E-state index in [1.165, 1.54) is 29.7 Å². The Bertz CT molecular complexity index is 724. The summed E-state index contributed by atoms with van der Waals surface area (Å²) in [4.78, 5) is 31.5. The van der Waals surface area contributed by atoms with E-state index in [0.717, 1.165) is 23.5 Å². The monoisotopic (exact) mass is 317 g/mol. The third-order valence-electron chi connectivity index (χ3n) is 3.52. The number of carboxylic acids is 1. The number of nitrogens with one attached hydrogen (secondary N) is 1. The first-order valence-electron chi connectivity index (χ1n) is 6.97. The lowest BCUT2D eigenvalue weighted by Crippen LogP contribution is -2.30. The van der Waals surface area contributed by atoms with Crippen LogP contribution in [0.4, 0.5) is 0 Å². The predicted molar refractivity (Wildman–Crippen MR) is 81.0 cm³/mol. The number of carbonyl (C=O) groups excluding carboxylic acids is 1. The molecule has 0 bridgehead atoms. The fourth-order valence-corrected chi connectivity index (χ4v) is 3.18. The van der Waals surface area contributed by atoms with Gasteiger partial charge in [-0.3, -0.25) is 4.79 Å². The van der Waals surface area contributed by atoms with Crippen LogP contribution in [-0.4, -0.2) is 27.0 Å². The molecule has 0 spiro atoms. The molecule has 1 aliphatic rings. The van der Waals surface area contributed by atoms with E-state index in [-0.39, 0.29) is 17.6 Å². The van der Waals surface area contributed by atoms with E-state index in [2.05, 4.69) is 15.3 Å². The maximum absolute atomic E-state index is 12.4. The molecule has 6 nitrogen and oxygen atoms in total. The molecule has 2 aromatic heterocycles. The molecule has 1 unspecified atom stereocenters. The summed E-state index contributed by atoms with van der Waals surface area (Å²) in [5.74, 6) is -1.03. The van der Waals surface area contributed by atoms with Crippen LogP contribution in [0.1, 0.15) is 50.4 Å². The Kier molecular flexibility index (Phi) is 3.89. The number of aromatic carboxylic acids is 1. The molecule has 2 N–H and O–H groups in total. The number of aromatic nitrogens is 2. The highest BCUT2D eigenvalue weighted by Crippen LogP contribution is 2.41. The number of carboxylic acid groups (broad SMARTS) is 1. The summed E-state index contributed by atoms with van der Waals surface area (Å²) in [6.45, 7) is 1.92. The standard InChI is InChI=1S/C15H15N3O3S/c1-8-7-22-14(17-8)12(9-2-3-9)18-13(19)10-4-5-16-11(6-10)15(20)21/h4-7,9,12H,2-3H2,1H3,(H,18,19)(H,20,21).